The summed E-state index contributed by atoms with van der Waals surface area (Å²) in [4.78, 5) is 17.7. The molecule has 0 saturated carbocycles. The number of rotatable bonds is 5. The van der Waals surface area contributed by atoms with Gasteiger partial charge in [-0.1, -0.05) is 48.6 Å². The number of H-pyrrole nitrogens is 1. The summed E-state index contributed by atoms with van der Waals surface area (Å²) >= 11 is 1.60. The molecule has 0 aliphatic heterocycles. The summed E-state index contributed by atoms with van der Waals surface area (Å²) in [6.45, 7) is 0. The molecule has 1 aliphatic carbocycles. The van der Waals surface area contributed by atoms with Crippen molar-refractivity contribution in [2.24, 2.45) is 0 Å². The number of hydrogen-bond donors (Lipinski definition) is 1. The predicted molar refractivity (Wildman–Crippen MR) is 137 cm³/mol. The van der Waals surface area contributed by atoms with Crippen LogP contribution in [0.2, 0.25) is 0 Å². The van der Waals surface area contributed by atoms with E-state index < -0.39 is 0 Å². The molecule has 6 heteroatoms. The highest BCUT2D eigenvalue weighted by Crippen LogP contribution is 2.35. The fourth-order valence-electron chi connectivity index (χ4n) is 4.28. The van der Waals surface area contributed by atoms with Crippen molar-refractivity contribution < 1.29 is 4.42 Å². The second kappa shape index (κ2) is 8.65. The smallest absolute Gasteiger partial charge is 0.258 e. The van der Waals surface area contributed by atoms with E-state index in [4.69, 9.17) is 9.52 Å². The highest BCUT2D eigenvalue weighted by molar-refractivity contribution is 7.13. The Labute approximate surface area is 200 Å². The lowest BCUT2D eigenvalue weighted by Gasteiger charge is -2.11. The van der Waals surface area contributed by atoms with Crippen LogP contribution in [-0.2, 0) is 0 Å². The number of furan rings is 1. The molecule has 1 aromatic carbocycles. The van der Waals surface area contributed by atoms with E-state index in [1.807, 2.05) is 76.8 Å². The number of aromatic nitrogens is 3. The minimum Gasteiger partial charge on any atom is -0.463 e. The number of thiophene rings is 1. The van der Waals surface area contributed by atoms with Crippen LogP contribution in [0.3, 0.4) is 0 Å². The quantitative estimate of drug-likeness (QED) is 0.303. The second-order valence-corrected chi connectivity index (χ2v) is 9.00. The molecule has 0 spiro atoms. The first-order chi connectivity index (χ1) is 16.8. The molecular formula is C28H21N3O2S. The fraction of sp³-hybridized carbons (Fsp3) is 0.0714. The van der Waals surface area contributed by atoms with Gasteiger partial charge in [-0.25, -0.2) is 4.68 Å². The zero-order valence-electron chi connectivity index (χ0n) is 18.3. The van der Waals surface area contributed by atoms with Gasteiger partial charge in [0, 0.05) is 0 Å². The first-order valence-corrected chi connectivity index (χ1v) is 12.0. The Hall–Kier alpha value is -4.16. The van der Waals surface area contributed by atoms with Gasteiger partial charge in [-0.15, -0.1) is 11.3 Å². The van der Waals surface area contributed by atoms with Crippen molar-refractivity contribution in [2.45, 2.75) is 12.8 Å². The SMILES string of the molecule is O=c1[nH]c(-c2cccs2)cc(-c2ccccc2)c1-c1cc(-c2ccco2)n(C2=CCCC=C2)n1. The van der Waals surface area contributed by atoms with Gasteiger partial charge in [-0.3, -0.25) is 4.79 Å². The Bertz CT molecular complexity index is 1550. The maximum Gasteiger partial charge on any atom is 0.258 e. The summed E-state index contributed by atoms with van der Waals surface area (Å²) in [5.74, 6) is 0.700. The molecule has 0 bridgehead atoms. The highest BCUT2D eigenvalue weighted by atomic mass is 32.1. The van der Waals surface area contributed by atoms with Crippen molar-refractivity contribution in [1.82, 2.24) is 14.8 Å². The molecule has 0 saturated heterocycles. The van der Waals surface area contributed by atoms with Gasteiger partial charge in [0.05, 0.1) is 33.8 Å². The Morgan fingerprint density at radius 3 is 2.65 bits per heavy atom. The Kier molecular flexibility index (Phi) is 5.20. The van der Waals surface area contributed by atoms with Gasteiger partial charge in [-0.2, -0.15) is 5.10 Å². The molecule has 6 rings (SSSR count). The van der Waals surface area contributed by atoms with E-state index in [0.29, 0.717) is 17.0 Å². The van der Waals surface area contributed by atoms with Gasteiger partial charge in [0.1, 0.15) is 5.69 Å². The molecule has 34 heavy (non-hydrogen) atoms. The normalized spacial score (nSPS) is 13.2. The van der Waals surface area contributed by atoms with E-state index in [2.05, 4.69) is 23.2 Å². The zero-order chi connectivity index (χ0) is 22.9. The van der Waals surface area contributed by atoms with E-state index in [0.717, 1.165) is 45.9 Å². The van der Waals surface area contributed by atoms with Crippen molar-refractivity contribution in [2.75, 3.05) is 0 Å². The first kappa shape index (κ1) is 20.4. The van der Waals surface area contributed by atoms with Crippen molar-refractivity contribution in [3.8, 4) is 44.4 Å². The molecule has 5 aromatic rings. The summed E-state index contributed by atoms with van der Waals surface area (Å²) < 4.78 is 7.58. The van der Waals surface area contributed by atoms with Crippen LogP contribution in [0, 0.1) is 0 Å². The van der Waals surface area contributed by atoms with E-state index in [-0.39, 0.29) is 5.56 Å². The van der Waals surface area contributed by atoms with Gasteiger partial charge in [0.15, 0.2) is 5.76 Å². The van der Waals surface area contributed by atoms with Crippen LogP contribution in [-0.4, -0.2) is 14.8 Å². The third kappa shape index (κ3) is 3.68. The van der Waals surface area contributed by atoms with Crippen LogP contribution >= 0.6 is 11.3 Å². The van der Waals surface area contributed by atoms with Gasteiger partial charge < -0.3 is 9.40 Å². The lowest BCUT2D eigenvalue weighted by Crippen LogP contribution is -2.12. The molecule has 5 nitrogen and oxygen atoms in total. The first-order valence-electron chi connectivity index (χ1n) is 11.2. The molecular weight excluding hydrogens is 442 g/mol. The van der Waals surface area contributed by atoms with E-state index >= 15 is 0 Å². The maximum atomic E-state index is 13.6. The van der Waals surface area contributed by atoms with Crippen LogP contribution in [0.25, 0.3) is 50.1 Å². The van der Waals surface area contributed by atoms with Crippen LogP contribution in [0.1, 0.15) is 12.8 Å². The monoisotopic (exact) mass is 463 g/mol. The van der Waals surface area contributed by atoms with Crippen molar-refractivity contribution in [1.29, 1.82) is 0 Å². The molecule has 4 heterocycles. The van der Waals surface area contributed by atoms with Gasteiger partial charge >= 0.3 is 0 Å². The standard InChI is InChI=1S/C28H21N3O2S/c32-28-27(21(19-9-3-1-4-10-19)17-22(29-28)26-14-8-16-34-26)23-18-24(25-13-7-15-33-25)31(30-23)20-11-5-2-6-12-20/h1,3-5,7-18H,2,6H2,(H,29,32). The maximum absolute atomic E-state index is 13.6. The van der Waals surface area contributed by atoms with E-state index in [9.17, 15) is 4.79 Å². The molecule has 0 amide bonds. The zero-order valence-corrected chi connectivity index (χ0v) is 19.1. The van der Waals surface area contributed by atoms with Crippen LogP contribution in [0.15, 0.2) is 106 Å². The molecule has 1 aliphatic rings. The van der Waals surface area contributed by atoms with Gasteiger partial charge in [0.25, 0.3) is 5.56 Å². The molecule has 4 aromatic heterocycles. The van der Waals surface area contributed by atoms with Crippen molar-refractivity contribution in [3.05, 3.63) is 107 Å². The number of pyridine rings is 1. The summed E-state index contributed by atoms with van der Waals surface area (Å²) in [5, 5.41) is 6.93. The van der Waals surface area contributed by atoms with E-state index in [1.54, 1.807) is 17.6 Å². The molecule has 0 fully saturated rings. The average Bonchev–Trinajstić information content (AvgIpc) is 3.66. The van der Waals surface area contributed by atoms with Gasteiger partial charge in [0.2, 0.25) is 0 Å². The predicted octanol–water partition coefficient (Wildman–Crippen LogP) is 7.08. The van der Waals surface area contributed by atoms with Crippen LogP contribution in [0.4, 0.5) is 0 Å². The Morgan fingerprint density at radius 2 is 1.91 bits per heavy atom. The topological polar surface area (TPSA) is 63.8 Å². The number of nitrogens with one attached hydrogen (secondary N) is 1. The van der Waals surface area contributed by atoms with Crippen LogP contribution < -0.4 is 5.56 Å². The third-order valence-electron chi connectivity index (χ3n) is 5.86. The molecule has 0 unspecified atom stereocenters. The Balaban J connectivity index is 1.60. The Morgan fingerprint density at radius 1 is 1.00 bits per heavy atom. The van der Waals surface area contributed by atoms with Crippen LogP contribution in [0.5, 0.6) is 0 Å². The van der Waals surface area contributed by atoms with Crippen molar-refractivity contribution in [3.63, 3.8) is 0 Å². The molecule has 0 atom stereocenters. The average molecular weight is 464 g/mol. The summed E-state index contributed by atoms with van der Waals surface area (Å²) in [6, 6.07) is 21.7. The third-order valence-corrected chi connectivity index (χ3v) is 6.77. The molecule has 166 valence electrons. The number of benzene rings is 1. The molecule has 1 N–H and O–H groups in total. The second-order valence-electron chi connectivity index (χ2n) is 8.06. The lowest BCUT2D eigenvalue weighted by atomic mass is 9.98. The van der Waals surface area contributed by atoms with Crippen molar-refractivity contribution >= 4 is 17.0 Å². The lowest BCUT2D eigenvalue weighted by molar-refractivity contribution is 0.577. The minimum absolute atomic E-state index is 0.173. The summed E-state index contributed by atoms with van der Waals surface area (Å²) in [5.41, 5.74) is 5.35. The minimum atomic E-state index is -0.173. The van der Waals surface area contributed by atoms with Gasteiger partial charge in [-0.05, 0) is 65.8 Å². The van der Waals surface area contributed by atoms with E-state index in [1.165, 1.54) is 0 Å². The number of aromatic amines is 1. The highest BCUT2D eigenvalue weighted by Gasteiger charge is 2.21. The largest absolute Gasteiger partial charge is 0.463 e. The number of allylic oxidation sites excluding steroid dienone is 4. The number of hydrogen-bond acceptors (Lipinski definition) is 4. The number of nitrogens with zero attached hydrogens (tertiary/aromatic N) is 2. The fourth-order valence-corrected chi connectivity index (χ4v) is 4.98. The summed E-state index contributed by atoms with van der Waals surface area (Å²) in [6.07, 6.45) is 9.97. The molecule has 0 radical (unpaired) electrons. The summed E-state index contributed by atoms with van der Waals surface area (Å²) in [7, 11) is 0.